The van der Waals surface area contributed by atoms with Crippen LogP contribution in [0.15, 0.2) is 24.4 Å². The van der Waals surface area contributed by atoms with Gasteiger partial charge in [-0.3, -0.25) is 5.32 Å². The number of nitrogens with zero attached hydrogens (tertiary/aromatic N) is 4. The molecule has 0 saturated carbocycles. The number of ether oxygens (including phenoxy) is 1. The Morgan fingerprint density at radius 2 is 2.04 bits per heavy atom. The maximum absolute atomic E-state index is 11.8. The van der Waals surface area contributed by atoms with Gasteiger partial charge >= 0.3 is 6.09 Å². The molecular weight excluding hydrogens is 330 g/mol. The van der Waals surface area contributed by atoms with Gasteiger partial charge < -0.3 is 4.74 Å². The lowest BCUT2D eigenvalue weighted by Gasteiger charge is -2.12. The number of anilines is 1. The van der Waals surface area contributed by atoms with Crippen LogP contribution in [-0.2, 0) is 4.74 Å². The molecule has 2 aromatic heterocycles. The zero-order valence-electron chi connectivity index (χ0n) is 15.1. The van der Waals surface area contributed by atoms with E-state index in [1.165, 1.54) is 16.4 Å². The minimum Gasteiger partial charge on any atom is -0.450 e. The highest BCUT2D eigenvalue weighted by Crippen LogP contribution is 2.26. The molecule has 0 aliphatic carbocycles. The second-order valence-corrected chi connectivity index (χ2v) is 6.05. The first-order chi connectivity index (χ1) is 12.4. The van der Waals surface area contributed by atoms with Crippen molar-refractivity contribution in [1.82, 2.24) is 14.8 Å². The average molecular weight is 349 g/mol. The molecule has 0 aliphatic rings. The Balaban J connectivity index is 2.17. The van der Waals surface area contributed by atoms with Crippen molar-refractivity contribution < 1.29 is 9.53 Å². The van der Waals surface area contributed by atoms with E-state index < -0.39 is 6.09 Å². The number of amides is 1. The molecular formula is C19H19N5O2. The third-order valence-electron chi connectivity index (χ3n) is 4.04. The molecule has 0 aliphatic heterocycles. The molecule has 3 aromatic rings. The number of aryl methyl sites for hydroxylation is 3. The number of benzene rings is 1. The molecule has 1 N–H and O–H groups in total. The van der Waals surface area contributed by atoms with Gasteiger partial charge in [-0.2, -0.15) is 15.0 Å². The average Bonchev–Trinajstić information content (AvgIpc) is 2.98. The molecule has 0 atom stereocenters. The van der Waals surface area contributed by atoms with E-state index in [1.807, 2.05) is 32.9 Å². The van der Waals surface area contributed by atoms with Crippen LogP contribution in [0.3, 0.4) is 0 Å². The molecule has 0 radical (unpaired) electrons. The number of hydrogen-bond donors (Lipinski definition) is 1. The van der Waals surface area contributed by atoms with Gasteiger partial charge in [-0.25, -0.2) is 9.78 Å². The molecule has 132 valence electrons. The number of pyridine rings is 1. The number of carbonyl (C=O) groups is 1. The summed E-state index contributed by atoms with van der Waals surface area (Å²) in [6.45, 7) is 8.00. The molecule has 7 nitrogen and oxygen atoms in total. The molecule has 0 fully saturated rings. The SMILES string of the molecule is CCOC(=O)Nc1c(C#N)cnn1-c1cc(C)c2cc(C)cc(C)c2n1. The van der Waals surface area contributed by atoms with Crippen LogP contribution in [0.2, 0.25) is 0 Å². The van der Waals surface area contributed by atoms with Gasteiger partial charge in [-0.05, 0) is 51.0 Å². The summed E-state index contributed by atoms with van der Waals surface area (Å²) in [4.78, 5) is 16.5. The van der Waals surface area contributed by atoms with Crippen LogP contribution < -0.4 is 5.32 Å². The Morgan fingerprint density at radius 3 is 2.73 bits per heavy atom. The molecule has 1 aromatic carbocycles. The molecule has 3 rings (SSSR count). The van der Waals surface area contributed by atoms with Gasteiger partial charge in [-0.15, -0.1) is 0 Å². The fourth-order valence-electron chi connectivity index (χ4n) is 2.92. The number of aromatic nitrogens is 3. The van der Waals surface area contributed by atoms with Crippen LogP contribution >= 0.6 is 0 Å². The summed E-state index contributed by atoms with van der Waals surface area (Å²) in [7, 11) is 0. The highest BCUT2D eigenvalue weighted by molar-refractivity contribution is 5.88. The van der Waals surface area contributed by atoms with E-state index in [9.17, 15) is 10.1 Å². The predicted molar refractivity (Wildman–Crippen MR) is 98.4 cm³/mol. The van der Waals surface area contributed by atoms with Gasteiger partial charge in [0.1, 0.15) is 11.6 Å². The normalized spacial score (nSPS) is 10.6. The fraction of sp³-hybridized carbons (Fsp3) is 0.263. The Labute approximate surface area is 151 Å². The van der Waals surface area contributed by atoms with Gasteiger partial charge in [0.2, 0.25) is 0 Å². The monoisotopic (exact) mass is 349 g/mol. The summed E-state index contributed by atoms with van der Waals surface area (Å²) in [5.41, 5.74) is 4.36. The number of fused-ring (bicyclic) bond motifs is 1. The fourth-order valence-corrected chi connectivity index (χ4v) is 2.92. The summed E-state index contributed by atoms with van der Waals surface area (Å²) in [5, 5.41) is 17.2. The minimum absolute atomic E-state index is 0.230. The van der Waals surface area contributed by atoms with Crippen molar-refractivity contribution in [3.05, 3.63) is 46.6 Å². The Bertz CT molecular complexity index is 1050. The summed E-state index contributed by atoms with van der Waals surface area (Å²) < 4.78 is 6.36. The molecule has 0 saturated heterocycles. The minimum atomic E-state index is -0.643. The summed E-state index contributed by atoms with van der Waals surface area (Å²) >= 11 is 0. The van der Waals surface area contributed by atoms with E-state index >= 15 is 0 Å². The van der Waals surface area contributed by atoms with E-state index in [4.69, 9.17) is 9.72 Å². The first-order valence-electron chi connectivity index (χ1n) is 8.25. The lowest BCUT2D eigenvalue weighted by Crippen LogP contribution is -2.17. The van der Waals surface area contributed by atoms with E-state index in [0.717, 1.165) is 22.0 Å². The lowest BCUT2D eigenvalue weighted by atomic mass is 10.0. The van der Waals surface area contributed by atoms with Crippen molar-refractivity contribution in [3.63, 3.8) is 0 Å². The third-order valence-corrected chi connectivity index (χ3v) is 4.04. The maximum Gasteiger partial charge on any atom is 0.412 e. The molecule has 1 amide bonds. The summed E-state index contributed by atoms with van der Waals surface area (Å²) in [5.74, 6) is 0.761. The molecule has 0 bridgehead atoms. The van der Waals surface area contributed by atoms with Gasteiger partial charge in [-0.1, -0.05) is 11.6 Å². The first kappa shape index (κ1) is 17.4. The zero-order valence-corrected chi connectivity index (χ0v) is 15.1. The predicted octanol–water partition coefficient (Wildman–Crippen LogP) is 3.79. The first-order valence-corrected chi connectivity index (χ1v) is 8.25. The topological polar surface area (TPSA) is 92.8 Å². The lowest BCUT2D eigenvalue weighted by molar-refractivity contribution is 0.167. The van der Waals surface area contributed by atoms with E-state index in [0.29, 0.717) is 5.82 Å². The van der Waals surface area contributed by atoms with Crippen LogP contribution in [0.25, 0.3) is 16.7 Å². The number of nitrogens with one attached hydrogen (secondary N) is 1. The number of carbonyl (C=O) groups excluding carboxylic acids is 1. The van der Waals surface area contributed by atoms with E-state index in [-0.39, 0.29) is 18.0 Å². The number of rotatable bonds is 3. The molecule has 7 heteroatoms. The van der Waals surface area contributed by atoms with Crippen LogP contribution in [0.5, 0.6) is 0 Å². The van der Waals surface area contributed by atoms with Crippen LogP contribution in [0.1, 0.15) is 29.2 Å². The Morgan fingerprint density at radius 1 is 1.27 bits per heavy atom. The van der Waals surface area contributed by atoms with Crippen molar-refractivity contribution in [3.8, 4) is 11.9 Å². The van der Waals surface area contributed by atoms with Crippen LogP contribution in [0, 0.1) is 32.1 Å². The van der Waals surface area contributed by atoms with Gasteiger partial charge in [0, 0.05) is 5.39 Å². The highest BCUT2D eigenvalue weighted by atomic mass is 16.5. The van der Waals surface area contributed by atoms with E-state index in [2.05, 4.69) is 22.5 Å². The summed E-state index contributed by atoms with van der Waals surface area (Å²) in [6, 6.07) is 8.07. The quantitative estimate of drug-likeness (QED) is 0.776. The summed E-state index contributed by atoms with van der Waals surface area (Å²) in [6.07, 6.45) is 0.750. The molecule has 0 unspecified atom stereocenters. The van der Waals surface area contributed by atoms with Gasteiger partial charge in [0.25, 0.3) is 0 Å². The zero-order chi connectivity index (χ0) is 18.8. The Hall–Kier alpha value is -3.40. The van der Waals surface area contributed by atoms with Crippen molar-refractivity contribution in [2.24, 2.45) is 0 Å². The number of hydrogen-bond acceptors (Lipinski definition) is 5. The smallest absolute Gasteiger partial charge is 0.412 e. The highest BCUT2D eigenvalue weighted by Gasteiger charge is 2.17. The third kappa shape index (κ3) is 3.09. The Kier molecular flexibility index (Phi) is 4.59. The second kappa shape index (κ2) is 6.84. The van der Waals surface area contributed by atoms with Gasteiger partial charge in [0.05, 0.1) is 18.3 Å². The second-order valence-electron chi connectivity index (χ2n) is 6.05. The standard InChI is InChI=1S/C19H19N5O2/c1-5-26-19(25)23-18-14(9-20)10-21-24(18)16-8-12(3)15-7-11(2)6-13(4)17(15)22-16/h6-8,10H,5H2,1-4H3,(H,23,25). The largest absolute Gasteiger partial charge is 0.450 e. The van der Waals surface area contributed by atoms with Crippen molar-refractivity contribution in [2.45, 2.75) is 27.7 Å². The van der Waals surface area contributed by atoms with Crippen molar-refractivity contribution in [2.75, 3.05) is 11.9 Å². The molecule has 0 spiro atoms. The van der Waals surface area contributed by atoms with Crippen LogP contribution in [-0.4, -0.2) is 27.5 Å². The van der Waals surface area contributed by atoms with Crippen molar-refractivity contribution in [1.29, 1.82) is 5.26 Å². The van der Waals surface area contributed by atoms with E-state index in [1.54, 1.807) is 6.92 Å². The molecule has 26 heavy (non-hydrogen) atoms. The van der Waals surface area contributed by atoms with Crippen molar-refractivity contribution >= 4 is 22.8 Å². The maximum atomic E-state index is 11.8. The van der Waals surface area contributed by atoms with Gasteiger partial charge in [0.15, 0.2) is 11.6 Å². The number of nitriles is 1. The molecule has 2 heterocycles. The van der Waals surface area contributed by atoms with Crippen LogP contribution in [0.4, 0.5) is 10.6 Å².